The molecule has 4 rings (SSSR count). The van der Waals surface area contributed by atoms with Gasteiger partial charge in [-0.2, -0.15) is 0 Å². The van der Waals surface area contributed by atoms with Gasteiger partial charge < -0.3 is 25.2 Å². The van der Waals surface area contributed by atoms with Crippen molar-refractivity contribution in [1.29, 1.82) is 0 Å². The van der Waals surface area contributed by atoms with E-state index in [-0.39, 0.29) is 6.03 Å². The lowest BCUT2D eigenvalue weighted by atomic mass is 10.1. The van der Waals surface area contributed by atoms with Crippen molar-refractivity contribution in [2.45, 2.75) is 13.0 Å². The maximum atomic E-state index is 12.2. The van der Waals surface area contributed by atoms with Crippen molar-refractivity contribution in [3.63, 3.8) is 0 Å². The first-order valence-electron chi connectivity index (χ1n) is 9.37. The average molecular weight is 367 g/mol. The first-order valence-corrected chi connectivity index (χ1v) is 9.37. The van der Waals surface area contributed by atoms with E-state index in [0.717, 1.165) is 61.0 Å². The predicted octanol–water partition coefficient (Wildman–Crippen LogP) is 2.09. The molecule has 1 saturated heterocycles. The van der Waals surface area contributed by atoms with E-state index >= 15 is 0 Å². The summed E-state index contributed by atoms with van der Waals surface area (Å²) in [7, 11) is 2.14. The number of pyridine rings is 1. The lowest BCUT2D eigenvalue weighted by molar-refractivity contribution is 0.251. The minimum Gasteiger partial charge on any atom is -0.493 e. The average Bonchev–Trinajstić information content (AvgIpc) is 3.17. The van der Waals surface area contributed by atoms with Crippen molar-refractivity contribution in [3.8, 4) is 5.75 Å². The molecule has 7 heteroatoms. The molecule has 2 aromatic rings. The number of ether oxygens (including phenoxy) is 1. The van der Waals surface area contributed by atoms with Crippen LogP contribution in [0.3, 0.4) is 0 Å². The summed E-state index contributed by atoms with van der Waals surface area (Å²) < 4.78 is 5.53. The molecular weight excluding hydrogens is 342 g/mol. The number of hydrogen-bond acceptors (Lipinski definition) is 5. The van der Waals surface area contributed by atoms with Crippen molar-refractivity contribution in [2.24, 2.45) is 0 Å². The van der Waals surface area contributed by atoms with Crippen LogP contribution in [0, 0.1) is 0 Å². The monoisotopic (exact) mass is 367 g/mol. The third-order valence-corrected chi connectivity index (χ3v) is 5.08. The predicted molar refractivity (Wildman–Crippen MR) is 105 cm³/mol. The summed E-state index contributed by atoms with van der Waals surface area (Å²) in [4.78, 5) is 21.4. The molecule has 0 radical (unpaired) electrons. The van der Waals surface area contributed by atoms with Crippen LogP contribution in [0.1, 0.15) is 11.1 Å². The van der Waals surface area contributed by atoms with Gasteiger partial charge in [0.15, 0.2) is 0 Å². The van der Waals surface area contributed by atoms with Crippen molar-refractivity contribution in [2.75, 3.05) is 50.1 Å². The van der Waals surface area contributed by atoms with Gasteiger partial charge >= 0.3 is 6.03 Å². The Morgan fingerprint density at radius 3 is 2.81 bits per heavy atom. The Morgan fingerprint density at radius 2 is 2.04 bits per heavy atom. The van der Waals surface area contributed by atoms with Crippen LogP contribution in [0.15, 0.2) is 36.5 Å². The van der Waals surface area contributed by atoms with E-state index in [1.54, 1.807) is 0 Å². The summed E-state index contributed by atoms with van der Waals surface area (Å²) in [6.07, 6.45) is 2.66. The van der Waals surface area contributed by atoms with Crippen molar-refractivity contribution in [3.05, 3.63) is 47.7 Å². The molecule has 0 unspecified atom stereocenters. The molecule has 0 saturated carbocycles. The highest BCUT2D eigenvalue weighted by Crippen LogP contribution is 2.31. The standard InChI is InChI=1S/C20H25N5O2/c1-24-8-10-25(11-9-24)19-6-5-15(13-21-19)14-22-20(26)23-17-3-2-4-18-16(17)7-12-27-18/h2-6,13H,7-12,14H2,1H3,(H2,22,23,26). The molecule has 2 amide bonds. The van der Waals surface area contributed by atoms with Crippen molar-refractivity contribution in [1.82, 2.24) is 15.2 Å². The zero-order chi connectivity index (χ0) is 18.6. The summed E-state index contributed by atoms with van der Waals surface area (Å²) in [6.45, 7) is 5.20. The fourth-order valence-corrected chi connectivity index (χ4v) is 3.43. The molecule has 0 aliphatic carbocycles. The van der Waals surface area contributed by atoms with Crippen molar-refractivity contribution < 1.29 is 9.53 Å². The number of benzene rings is 1. The molecule has 27 heavy (non-hydrogen) atoms. The Bertz CT molecular complexity index is 801. The third kappa shape index (κ3) is 4.14. The van der Waals surface area contributed by atoms with E-state index in [9.17, 15) is 4.79 Å². The van der Waals surface area contributed by atoms with E-state index in [1.165, 1.54) is 0 Å². The van der Waals surface area contributed by atoms with Gasteiger partial charge in [-0.05, 0) is 30.8 Å². The molecule has 2 aliphatic heterocycles. The van der Waals surface area contributed by atoms with E-state index in [4.69, 9.17) is 4.74 Å². The molecule has 1 aromatic carbocycles. The molecule has 3 heterocycles. The zero-order valence-corrected chi connectivity index (χ0v) is 15.6. The summed E-state index contributed by atoms with van der Waals surface area (Å²) >= 11 is 0. The van der Waals surface area contributed by atoms with Gasteiger partial charge in [0.1, 0.15) is 11.6 Å². The minimum atomic E-state index is -0.224. The number of fused-ring (bicyclic) bond motifs is 1. The number of hydrogen-bond donors (Lipinski definition) is 2. The molecule has 7 nitrogen and oxygen atoms in total. The molecule has 0 atom stereocenters. The summed E-state index contributed by atoms with van der Waals surface area (Å²) in [5.74, 6) is 1.85. The van der Waals surface area contributed by atoms with Gasteiger partial charge in [-0.1, -0.05) is 12.1 Å². The number of urea groups is 1. The molecule has 2 aliphatic rings. The number of rotatable bonds is 4. The second-order valence-corrected chi connectivity index (χ2v) is 7.00. The van der Waals surface area contributed by atoms with Gasteiger partial charge in [-0.25, -0.2) is 9.78 Å². The molecular formula is C20H25N5O2. The van der Waals surface area contributed by atoms with Crippen molar-refractivity contribution >= 4 is 17.5 Å². The van der Waals surface area contributed by atoms with Crippen LogP contribution in [0.5, 0.6) is 5.75 Å². The second-order valence-electron chi connectivity index (χ2n) is 7.00. The van der Waals surface area contributed by atoms with Crippen LogP contribution in [-0.2, 0) is 13.0 Å². The van der Waals surface area contributed by atoms with Gasteiger partial charge in [0.2, 0.25) is 0 Å². The number of nitrogens with zero attached hydrogens (tertiary/aromatic N) is 3. The largest absolute Gasteiger partial charge is 0.493 e. The van der Waals surface area contributed by atoms with Crippen LogP contribution >= 0.6 is 0 Å². The number of carbonyl (C=O) groups excluding carboxylic acids is 1. The van der Waals surface area contributed by atoms with Crippen LogP contribution in [-0.4, -0.2) is 55.7 Å². The molecule has 0 bridgehead atoms. The van der Waals surface area contributed by atoms with E-state index in [2.05, 4.69) is 32.5 Å². The number of piperazine rings is 1. The summed E-state index contributed by atoms with van der Waals surface area (Å²) in [6, 6.07) is 9.55. The smallest absolute Gasteiger partial charge is 0.319 e. The number of nitrogens with one attached hydrogen (secondary N) is 2. The normalized spacial score (nSPS) is 16.6. The van der Waals surface area contributed by atoms with Crippen LogP contribution in [0.25, 0.3) is 0 Å². The van der Waals surface area contributed by atoms with Gasteiger partial charge in [-0.15, -0.1) is 0 Å². The lowest BCUT2D eigenvalue weighted by Gasteiger charge is -2.33. The van der Waals surface area contributed by atoms with Gasteiger partial charge in [0, 0.05) is 56.6 Å². The van der Waals surface area contributed by atoms with E-state index in [0.29, 0.717) is 13.2 Å². The van der Waals surface area contributed by atoms with Crippen LogP contribution in [0.2, 0.25) is 0 Å². The Labute approximate surface area is 159 Å². The third-order valence-electron chi connectivity index (χ3n) is 5.08. The number of carbonyl (C=O) groups is 1. The Morgan fingerprint density at radius 1 is 1.19 bits per heavy atom. The number of likely N-dealkylation sites (N-methyl/N-ethyl adjacent to an activating group) is 1. The van der Waals surface area contributed by atoms with Crippen LogP contribution < -0.4 is 20.3 Å². The fourth-order valence-electron chi connectivity index (χ4n) is 3.43. The van der Waals surface area contributed by atoms with E-state index < -0.39 is 0 Å². The van der Waals surface area contributed by atoms with Crippen LogP contribution in [0.4, 0.5) is 16.3 Å². The highest BCUT2D eigenvalue weighted by molar-refractivity contribution is 5.90. The number of anilines is 2. The summed E-state index contributed by atoms with van der Waals surface area (Å²) in [5, 5.41) is 5.81. The number of amides is 2. The Kier molecular flexibility index (Phi) is 5.11. The SMILES string of the molecule is CN1CCN(c2ccc(CNC(=O)Nc3cccc4c3CCO4)cn2)CC1. The minimum absolute atomic E-state index is 0.224. The topological polar surface area (TPSA) is 69.7 Å². The second kappa shape index (κ2) is 7.84. The summed E-state index contributed by atoms with van der Waals surface area (Å²) in [5.41, 5.74) is 2.85. The molecule has 1 fully saturated rings. The molecule has 0 spiro atoms. The Hall–Kier alpha value is -2.80. The first kappa shape index (κ1) is 17.6. The molecule has 1 aromatic heterocycles. The maximum Gasteiger partial charge on any atom is 0.319 e. The van der Waals surface area contributed by atoms with Gasteiger partial charge in [-0.3, -0.25) is 0 Å². The zero-order valence-electron chi connectivity index (χ0n) is 15.6. The highest BCUT2D eigenvalue weighted by atomic mass is 16.5. The first-order chi connectivity index (χ1) is 13.2. The van der Waals surface area contributed by atoms with Gasteiger partial charge in [0.05, 0.1) is 6.61 Å². The van der Waals surface area contributed by atoms with Gasteiger partial charge in [0.25, 0.3) is 0 Å². The lowest BCUT2D eigenvalue weighted by Crippen LogP contribution is -2.44. The highest BCUT2D eigenvalue weighted by Gasteiger charge is 2.17. The quantitative estimate of drug-likeness (QED) is 0.866. The molecule has 2 N–H and O–H groups in total. The Balaban J connectivity index is 1.30. The fraction of sp³-hybridized carbons (Fsp3) is 0.400. The number of aromatic nitrogens is 1. The maximum absolute atomic E-state index is 12.2. The van der Waals surface area contributed by atoms with E-state index in [1.807, 2.05) is 36.5 Å². The molecule has 142 valence electrons.